The third-order valence-corrected chi connectivity index (χ3v) is 4.84. The van der Waals surface area contributed by atoms with Gasteiger partial charge in [0.05, 0.1) is 6.54 Å². The number of rotatable bonds is 6. The van der Waals surface area contributed by atoms with Gasteiger partial charge in [0.1, 0.15) is 12.4 Å². The Morgan fingerprint density at radius 3 is 2.62 bits per heavy atom. The number of para-hydroxylation sites is 1. The van der Waals surface area contributed by atoms with Crippen molar-refractivity contribution in [3.05, 3.63) is 65.7 Å². The summed E-state index contributed by atoms with van der Waals surface area (Å²) in [6.45, 7) is 2.58. The zero-order chi connectivity index (χ0) is 18.4. The Kier molecular flexibility index (Phi) is 6.12. The van der Waals surface area contributed by atoms with Crippen molar-refractivity contribution in [3.63, 3.8) is 0 Å². The number of nitrogens with one attached hydrogen (secondary N) is 1. The first-order valence-corrected chi connectivity index (χ1v) is 9.07. The van der Waals surface area contributed by atoms with E-state index in [1.165, 1.54) is 11.1 Å². The largest absolute Gasteiger partial charge is 0.492 e. The maximum absolute atomic E-state index is 12.3. The molecule has 3 rings (SSSR count). The number of nitrogens with zero attached hydrogens (tertiary/aromatic N) is 2. The maximum Gasteiger partial charge on any atom is 0.317 e. The second-order valence-corrected chi connectivity index (χ2v) is 6.82. The van der Waals surface area contributed by atoms with Gasteiger partial charge in [0, 0.05) is 26.2 Å². The molecule has 0 spiro atoms. The number of carbonyl (C=O) groups is 1. The minimum atomic E-state index is -0.0612. The van der Waals surface area contributed by atoms with Crippen molar-refractivity contribution in [1.29, 1.82) is 0 Å². The van der Waals surface area contributed by atoms with Gasteiger partial charge >= 0.3 is 6.03 Å². The summed E-state index contributed by atoms with van der Waals surface area (Å²) in [5.41, 5.74) is 2.78. The Bertz CT molecular complexity index is 720. The lowest BCUT2D eigenvalue weighted by Crippen LogP contribution is -2.48. The Balaban J connectivity index is 1.42. The van der Waals surface area contributed by atoms with Crippen molar-refractivity contribution in [3.8, 4) is 5.75 Å². The second kappa shape index (κ2) is 8.72. The van der Waals surface area contributed by atoms with Crippen LogP contribution in [0, 0.1) is 0 Å². The van der Waals surface area contributed by atoms with E-state index in [-0.39, 0.29) is 6.03 Å². The monoisotopic (exact) mass is 353 g/mol. The number of benzene rings is 2. The Labute approximate surface area is 155 Å². The lowest BCUT2D eigenvalue weighted by atomic mass is 9.94. The van der Waals surface area contributed by atoms with E-state index in [9.17, 15) is 4.79 Å². The molecule has 0 saturated heterocycles. The molecule has 138 valence electrons. The second-order valence-electron chi connectivity index (χ2n) is 6.82. The van der Waals surface area contributed by atoms with Crippen LogP contribution in [0.25, 0.3) is 0 Å². The van der Waals surface area contributed by atoms with Crippen molar-refractivity contribution in [2.24, 2.45) is 0 Å². The standard InChI is InChI=1S/C21H27N3O2/c1-23-15-18-9-7-6-8-17(18)14-19(23)16-24(2)21(25)22-12-13-26-20-10-4-3-5-11-20/h3-11,19H,12-16H2,1-2H3,(H,22,25)/t19-/m1/s1. The van der Waals surface area contributed by atoms with Gasteiger partial charge in [0.25, 0.3) is 0 Å². The number of ether oxygens (including phenoxy) is 1. The number of hydrogen-bond donors (Lipinski definition) is 1. The third kappa shape index (κ3) is 4.76. The summed E-state index contributed by atoms with van der Waals surface area (Å²) in [4.78, 5) is 16.4. The number of fused-ring (bicyclic) bond motifs is 1. The zero-order valence-corrected chi connectivity index (χ0v) is 15.5. The minimum absolute atomic E-state index is 0.0612. The lowest BCUT2D eigenvalue weighted by molar-refractivity contribution is 0.159. The molecule has 0 unspecified atom stereocenters. The average Bonchev–Trinajstić information content (AvgIpc) is 2.66. The molecule has 5 nitrogen and oxygen atoms in total. The fraction of sp³-hybridized carbons (Fsp3) is 0.381. The summed E-state index contributed by atoms with van der Waals surface area (Å²) >= 11 is 0. The van der Waals surface area contributed by atoms with Crippen molar-refractivity contribution in [1.82, 2.24) is 15.1 Å². The van der Waals surface area contributed by atoms with Gasteiger partial charge in [0.2, 0.25) is 0 Å². The van der Waals surface area contributed by atoms with Crippen molar-refractivity contribution in [2.45, 2.75) is 19.0 Å². The number of hydrogen-bond acceptors (Lipinski definition) is 3. The SMILES string of the molecule is CN(C[C@H]1Cc2ccccc2CN1C)C(=O)NCCOc1ccccc1. The summed E-state index contributed by atoms with van der Waals surface area (Å²) < 4.78 is 5.60. The highest BCUT2D eigenvalue weighted by Crippen LogP contribution is 2.22. The predicted octanol–water partition coefficient (Wildman–Crippen LogP) is 2.76. The van der Waals surface area contributed by atoms with Gasteiger partial charge in [-0.3, -0.25) is 4.90 Å². The molecule has 0 bridgehead atoms. The smallest absolute Gasteiger partial charge is 0.317 e. The van der Waals surface area contributed by atoms with Gasteiger partial charge < -0.3 is 15.0 Å². The summed E-state index contributed by atoms with van der Waals surface area (Å²) in [6.07, 6.45) is 0.974. The number of likely N-dealkylation sites (N-methyl/N-ethyl adjacent to an activating group) is 2. The number of amides is 2. The molecule has 1 heterocycles. The molecular formula is C21H27N3O2. The van der Waals surface area contributed by atoms with Crippen LogP contribution in [-0.2, 0) is 13.0 Å². The molecule has 1 aliphatic heterocycles. The third-order valence-electron chi connectivity index (χ3n) is 4.84. The van der Waals surface area contributed by atoms with Crippen LogP contribution in [0.4, 0.5) is 4.79 Å². The highest BCUT2D eigenvalue weighted by molar-refractivity contribution is 5.73. The molecule has 0 radical (unpaired) electrons. The summed E-state index contributed by atoms with van der Waals surface area (Å²) in [5.74, 6) is 0.817. The summed E-state index contributed by atoms with van der Waals surface area (Å²) in [6, 6.07) is 18.5. The van der Waals surface area contributed by atoms with E-state index >= 15 is 0 Å². The van der Waals surface area contributed by atoms with E-state index < -0.39 is 0 Å². The number of carbonyl (C=O) groups excluding carboxylic acids is 1. The van der Waals surface area contributed by atoms with Gasteiger partial charge in [-0.15, -0.1) is 0 Å². The Hall–Kier alpha value is -2.53. The molecule has 5 heteroatoms. The van der Waals surface area contributed by atoms with E-state index in [4.69, 9.17) is 4.74 Å². The minimum Gasteiger partial charge on any atom is -0.492 e. The molecule has 2 aromatic carbocycles. The lowest BCUT2D eigenvalue weighted by Gasteiger charge is -2.36. The van der Waals surface area contributed by atoms with Crippen LogP contribution < -0.4 is 10.1 Å². The maximum atomic E-state index is 12.3. The van der Waals surface area contributed by atoms with E-state index in [2.05, 4.69) is 41.5 Å². The van der Waals surface area contributed by atoms with Gasteiger partial charge in [-0.1, -0.05) is 42.5 Å². The Morgan fingerprint density at radius 1 is 1.15 bits per heavy atom. The first-order chi connectivity index (χ1) is 12.6. The molecule has 1 N–H and O–H groups in total. The van der Waals surface area contributed by atoms with Crippen LogP contribution in [0.2, 0.25) is 0 Å². The van der Waals surface area contributed by atoms with E-state index in [1.807, 2.05) is 37.4 Å². The quantitative estimate of drug-likeness (QED) is 0.812. The molecule has 1 atom stereocenters. The molecular weight excluding hydrogens is 326 g/mol. The van der Waals surface area contributed by atoms with Gasteiger partial charge in [-0.25, -0.2) is 4.79 Å². The van der Waals surface area contributed by atoms with Gasteiger partial charge in [-0.05, 0) is 36.7 Å². The van der Waals surface area contributed by atoms with Crippen molar-refractivity contribution >= 4 is 6.03 Å². The molecule has 0 aromatic heterocycles. The van der Waals surface area contributed by atoms with E-state index in [1.54, 1.807) is 4.90 Å². The van der Waals surface area contributed by atoms with E-state index in [0.29, 0.717) is 25.7 Å². The zero-order valence-electron chi connectivity index (χ0n) is 15.5. The Morgan fingerprint density at radius 2 is 1.85 bits per heavy atom. The van der Waals surface area contributed by atoms with Gasteiger partial charge in [0.15, 0.2) is 0 Å². The number of urea groups is 1. The highest BCUT2D eigenvalue weighted by Gasteiger charge is 2.25. The normalized spacial score (nSPS) is 16.6. The molecule has 0 fully saturated rings. The van der Waals surface area contributed by atoms with Crippen LogP contribution in [-0.4, -0.2) is 55.7 Å². The van der Waals surface area contributed by atoms with Gasteiger partial charge in [-0.2, -0.15) is 0 Å². The van der Waals surface area contributed by atoms with Crippen LogP contribution in [0.3, 0.4) is 0 Å². The average molecular weight is 353 g/mol. The molecule has 2 amide bonds. The molecule has 1 aliphatic rings. The highest BCUT2D eigenvalue weighted by atomic mass is 16.5. The first kappa shape index (κ1) is 18.3. The predicted molar refractivity (Wildman–Crippen MR) is 103 cm³/mol. The van der Waals surface area contributed by atoms with E-state index in [0.717, 1.165) is 18.7 Å². The first-order valence-electron chi connectivity index (χ1n) is 9.07. The topological polar surface area (TPSA) is 44.8 Å². The fourth-order valence-corrected chi connectivity index (χ4v) is 3.30. The summed E-state index contributed by atoms with van der Waals surface area (Å²) in [7, 11) is 3.97. The van der Waals surface area contributed by atoms with Crippen LogP contribution in [0.1, 0.15) is 11.1 Å². The fourth-order valence-electron chi connectivity index (χ4n) is 3.30. The van der Waals surface area contributed by atoms with Crippen LogP contribution in [0.5, 0.6) is 5.75 Å². The molecule has 0 aliphatic carbocycles. The van der Waals surface area contributed by atoms with Crippen molar-refractivity contribution in [2.75, 3.05) is 33.8 Å². The molecule has 0 saturated carbocycles. The van der Waals surface area contributed by atoms with Crippen LogP contribution in [0.15, 0.2) is 54.6 Å². The molecule has 2 aromatic rings. The van der Waals surface area contributed by atoms with Crippen molar-refractivity contribution < 1.29 is 9.53 Å². The van der Waals surface area contributed by atoms with Crippen LogP contribution >= 0.6 is 0 Å². The molecule has 26 heavy (non-hydrogen) atoms. The summed E-state index contributed by atoms with van der Waals surface area (Å²) in [5, 5.41) is 2.92.